The van der Waals surface area contributed by atoms with Crippen molar-refractivity contribution >= 4 is 35.2 Å². The number of esters is 1. The van der Waals surface area contributed by atoms with E-state index in [4.69, 9.17) is 16.3 Å². The quantitative estimate of drug-likeness (QED) is 0.579. The van der Waals surface area contributed by atoms with Gasteiger partial charge in [0.15, 0.2) is 6.61 Å². The lowest BCUT2D eigenvalue weighted by Gasteiger charge is -2.15. The van der Waals surface area contributed by atoms with Gasteiger partial charge in [0.05, 0.1) is 6.04 Å². The highest BCUT2D eigenvalue weighted by atomic mass is 35.5. The van der Waals surface area contributed by atoms with Gasteiger partial charge < -0.3 is 10.1 Å². The minimum atomic E-state index is -0.417. The van der Waals surface area contributed by atoms with E-state index in [1.54, 1.807) is 19.1 Å². The third-order valence-electron chi connectivity index (χ3n) is 3.46. The predicted molar refractivity (Wildman–Crippen MR) is 101 cm³/mol. The fourth-order valence-electron chi connectivity index (χ4n) is 2.15. The van der Waals surface area contributed by atoms with Gasteiger partial charge in [-0.15, -0.1) is 11.8 Å². The molecule has 0 heterocycles. The maximum atomic E-state index is 12.0. The molecule has 0 radical (unpaired) electrons. The highest BCUT2D eigenvalue weighted by Crippen LogP contribution is 2.23. The Morgan fingerprint density at radius 1 is 1.12 bits per heavy atom. The molecule has 2 aromatic rings. The third kappa shape index (κ3) is 6.44. The lowest BCUT2D eigenvalue weighted by Crippen LogP contribution is -2.32. The van der Waals surface area contributed by atoms with Gasteiger partial charge in [-0.1, -0.05) is 41.9 Å². The van der Waals surface area contributed by atoms with Crippen LogP contribution in [-0.2, 0) is 14.3 Å². The van der Waals surface area contributed by atoms with Crippen molar-refractivity contribution in [3.05, 3.63) is 65.2 Å². The maximum Gasteiger partial charge on any atom is 0.319 e. The summed E-state index contributed by atoms with van der Waals surface area (Å²) in [5.41, 5.74) is 0.889. The van der Waals surface area contributed by atoms with E-state index in [-0.39, 0.29) is 23.8 Å². The van der Waals surface area contributed by atoms with Crippen LogP contribution in [0.1, 0.15) is 25.5 Å². The first kappa shape index (κ1) is 19.3. The van der Waals surface area contributed by atoms with Crippen LogP contribution in [0.15, 0.2) is 59.5 Å². The van der Waals surface area contributed by atoms with Crippen molar-refractivity contribution in [1.29, 1.82) is 0 Å². The van der Waals surface area contributed by atoms with Crippen molar-refractivity contribution in [2.75, 3.05) is 6.61 Å². The Labute approximate surface area is 156 Å². The lowest BCUT2D eigenvalue weighted by molar-refractivity contribution is -0.147. The molecule has 4 nitrogen and oxygen atoms in total. The predicted octanol–water partition coefficient (Wildman–Crippen LogP) is 4.24. The van der Waals surface area contributed by atoms with E-state index in [0.717, 1.165) is 10.5 Å². The van der Waals surface area contributed by atoms with Gasteiger partial charge in [-0.05, 0) is 43.7 Å². The van der Waals surface area contributed by atoms with Crippen molar-refractivity contribution in [1.82, 2.24) is 5.32 Å². The first-order valence-corrected chi connectivity index (χ1v) is 9.14. The highest BCUT2D eigenvalue weighted by Gasteiger charge is 2.18. The molecular weight excluding hydrogens is 358 g/mol. The normalized spacial score (nSPS) is 12.9. The monoisotopic (exact) mass is 377 g/mol. The van der Waals surface area contributed by atoms with Crippen LogP contribution in [0.3, 0.4) is 0 Å². The van der Waals surface area contributed by atoms with E-state index in [1.165, 1.54) is 11.8 Å². The fraction of sp³-hybridized carbons (Fsp3) is 0.263. The van der Waals surface area contributed by atoms with Crippen LogP contribution < -0.4 is 5.32 Å². The first-order valence-electron chi connectivity index (χ1n) is 7.89. The zero-order valence-electron chi connectivity index (χ0n) is 14.1. The molecular formula is C19H20ClNO3S. The topological polar surface area (TPSA) is 55.4 Å². The molecule has 6 heteroatoms. The van der Waals surface area contributed by atoms with Crippen LogP contribution in [0.4, 0.5) is 0 Å². The van der Waals surface area contributed by atoms with E-state index < -0.39 is 5.97 Å². The van der Waals surface area contributed by atoms with Gasteiger partial charge in [0.25, 0.3) is 5.91 Å². The number of ether oxygens (including phenoxy) is 1. The second-order valence-corrected chi connectivity index (χ2v) is 7.38. The molecule has 2 aromatic carbocycles. The average Bonchev–Trinajstić information content (AvgIpc) is 2.60. The summed E-state index contributed by atoms with van der Waals surface area (Å²) in [6.07, 6.45) is 0. The van der Waals surface area contributed by atoms with Gasteiger partial charge in [0.1, 0.15) is 5.25 Å². The number of carbonyl (C=O) groups excluding carboxylic acids is 2. The van der Waals surface area contributed by atoms with Gasteiger partial charge in [-0.2, -0.15) is 0 Å². The second kappa shape index (κ2) is 9.49. The lowest BCUT2D eigenvalue weighted by atomic mass is 10.1. The average molecular weight is 378 g/mol. The Hall–Kier alpha value is -1.98. The van der Waals surface area contributed by atoms with Gasteiger partial charge in [-0.3, -0.25) is 9.59 Å². The number of nitrogens with one attached hydrogen (secondary N) is 1. The molecule has 0 fully saturated rings. The van der Waals surface area contributed by atoms with Crippen LogP contribution in [0.5, 0.6) is 0 Å². The van der Waals surface area contributed by atoms with Gasteiger partial charge >= 0.3 is 5.97 Å². The van der Waals surface area contributed by atoms with Crippen LogP contribution in [0.25, 0.3) is 0 Å². The Balaban J connectivity index is 1.78. The number of hydrogen-bond acceptors (Lipinski definition) is 4. The molecule has 0 aliphatic carbocycles. The number of benzene rings is 2. The molecule has 2 rings (SSSR count). The number of carbonyl (C=O) groups is 2. The van der Waals surface area contributed by atoms with Gasteiger partial charge in [-0.25, -0.2) is 0 Å². The molecule has 25 heavy (non-hydrogen) atoms. The summed E-state index contributed by atoms with van der Waals surface area (Å²) in [5, 5.41) is 3.01. The Bertz CT molecular complexity index is 724. The number of rotatable bonds is 7. The Morgan fingerprint density at radius 3 is 2.52 bits per heavy atom. The summed E-state index contributed by atoms with van der Waals surface area (Å²) in [4.78, 5) is 25.0. The molecule has 0 aliphatic heterocycles. The van der Waals surface area contributed by atoms with E-state index in [0.29, 0.717) is 5.02 Å². The van der Waals surface area contributed by atoms with Crippen LogP contribution in [0.2, 0.25) is 5.02 Å². The molecule has 0 unspecified atom stereocenters. The molecule has 0 aliphatic rings. The van der Waals surface area contributed by atoms with Crippen molar-refractivity contribution in [3.8, 4) is 0 Å². The highest BCUT2D eigenvalue weighted by molar-refractivity contribution is 8.00. The van der Waals surface area contributed by atoms with E-state index in [9.17, 15) is 9.59 Å². The molecule has 0 saturated carbocycles. The summed E-state index contributed by atoms with van der Waals surface area (Å²) in [5.74, 6) is -0.767. The zero-order chi connectivity index (χ0) is 18.2. The second-order valence-electron chi connectivity index (χ2n) is 5.53. The number of halogens is 1. The molecule has 0 bridgehead atoms. The summed E-state index contributed by atoms with van der Waals surface area (Å²) >= 11 is 7.34. The zero-order valence-corrected chi connectivity index (χ0v) is 15.6. The van der Waals surface area contributed by atoms with Crippen molar-refractivity contribution in [2.45, 2.75) is 30.0 Å². The largest absolute Gasteiger partial charge is 0.455 e. The van der Waals surface area contributed by atoms with E-state index >= 15 is 0 Å². The SMILES string of the molecule is C[C@@H](Sc1ccccc1)C(=O)OCC(=O)N[C@H](C)c1cccc(Cl)c1. The number of hydrogen-bond donors (Lipinski definition) is 1. The Morgan fingerprint density at radius 2 is 1.84 bits per heavy atom. The van der Waals surface area contributed by atoms with Crippen LogP contribution in [0, 0.1) is 0 Å². The fourth-order valence-corrected chi connectivity index (χ4v) is 3.23. The molecule has 132 valence electrons. The van der Waals surface area contributed by atoms with Crippen molar-refractivity contribution < 1.29 is 14.3 Å². The minimum Gasteiger partial charge on any atom is -0.455 e. The number of thioether (sulfide) groups is 1. The van der Waals surface area contributed by atoms with Gasteiger partial charge in [0.2, 0.25) is 0 Å². The summed E-state index contributed by atoms with van der Waals surface area (Å²) in [6.45, 7) is 3.30. The van der Waals surface area contributed by atoms with E-state index in [1.807, 2.05) is 49.4 Å². The summed E-state index contributed by atoms with van der Waals surface area (Å²) < 4.78 is 5.10. The first-order chi connectivity index (χ1) is 12.0. The van der Waals surface area contributed by atoms with Crippen molar-refractivity contribution in [2.24, 2.45) is 0 Å². The van der Waals surface area contributed by atoms with E-state index in [2.05, 4.69) is 5.32 Å². The minimum absolute atomic E-state index is 0.221. The molecule has 0 spiro atoms. The third-order valence-corrected chi connectivity index (χ3v) is 4.79. The van der Waals surface area contributed by atoms with Gasteiger partial charge in [0, 0.05) is 9.92 Å². The molecule has 1 amide bonds. The molecule has 1 N–H and O–H groups in total. The smallest absolute Gasteiger partial charge is 0.319 e. The summed E-state index contributed by atoms with van der Waals surface area (Å²) in [6, 6.07) is 16.6. The number of amides is 1. The standard InChI is InChI=1S/C19H20ClNO3S/c1-13(15-7-6-8-16(20)11-15)21-18(22)12-24-19(23)14(2)25-17-9-4-3-5-10-17/h3-11,13-14H,12H2,1-2H3,(H,21,22)/t13-,14-/m1/s1. The molecule has 0 aromatic heterocycles. The van der Waals surface area contributed by atoms with Crippen LogP contribution in [-0.4, -0.2) is 23.7 Å². The van der Waals surface area contributed by atoms with Crippen LogP contribution >= 0.6 is 23.4 Å². The molecule has 2 atom stereocenters. The van der Waals surface area contributed by atoms with Crippen molar-refractivity contribution in [3.63, 3.8) is 0 Å². The molecule has 0 saturated heterocycles. The summed E-state index contributed by atoms with van der Waals surface area (Å²) in [7, 11) is 0. The Kier molecular flexibility index (Phi) is 7.34. The maximum absolute atomic E-state index is 12.0.